The molecule has 5 aliphatic rings. The van der Waals surface area contributed by atoms with Gasteiger partial charge < -0.3 is 15.5 Å². The third-order valence-electron chi connectivity index (χ3n) is 6.07. The molecule has 4 bridgehead atoms. The van der Waals surface area contributed by atoms with E-state index in [1.807, 2.05) is 4.90 Å². The molecule has 0 aromatic heterocycles. The summed E-state index contributed by atoms with van der Waals surface area (Å²) in [5, 5.41) is 6.88. The summed E-state index contributed by atoms with van der Waals surface area (Å²) in [6.07, 6.45) is 8.02. The first-order valence-electron chi connectivity index (χ1n) is 8.42. The van der Waals surface area contributed by atoms with Gasteiger partial charge in [0.1, 0.15) is 0 Å². The number of hydrogen-bond donors (Lipinski definition) is 2. The van der Waals surface area contributed by atoms with Crippen LogP contribution in [0, 0.1) is 17.8 Å². The predicted molar refractivity (Wildman–Crippen MR) is 78.5 cm³/mol. The van der Waals surface area contributed by atoms with Gasteiger partial charge in [-0.15, -0.1) is 0 Å². The van der Waals surface area contributed by atoms with Crippen LogP contribution in [0.3, 0.4) is 0 Å². The third kappa shape index (κ3) is 2.22. The standard InChI is InChI=1S/C16H27N3O/c1-11-10-19(3-2-17-11)15(20)18-16-7-12-4-13(8-16)6-14(5-12)9-16/h11-14,17H,2-10H2,1H3,(H,18,20). The summed E-state index contributed by atoms with van der Waals surface area (Å²) in [5.74, 6) is 2.68. The van der Waals surface area contributed by atoms with E-state index in [0.717, 1.165) is 37.4 Å². The zero-order valence-corrected chi connectivity index (χ0v) is 12.5. The number of carbonyl (C=O) groups excluding carboxylic acids is 1. The number of hydrogen-bond acceptors (Lipinski definition) is 2. The lowest BCUT2D eigenvalue weighted by Crippen LogP contribution is -2.63. The quantitative estimate of drug-likeness (QED) is 0.769. The van der Waals surface area contributed by atoms with Crippen molar-refractivity contribution < 1.29 is 4.79 Å². The molecule has 0 aromatic rings. The Labute approximate surface area is 121 Å². The molecule has 4 heteroatoms. The molecule has 4 saturated carbocycles. The number of urea groups is 1. The average Bonchev–Trinajstić information content (AvgIpc) is 2.36. The molecule has 112 valence electrons. The van der Waals surface area contributed by atoms with E-state index in [4.69, 9.17) is 0 Å². The summed E-state index contributed by atoms with van der Waals surface area (Å²) in [6, 6.07) is 0.617. The van der Waals surface area contributed by atoms with Crippen LogP contribution in [0.1, 0.15) is 45.4 Å². The van der Waals surface area contributed by atoms with E-state index >= 15 is 0 Å². The van der Waals surface area contributed by atoms with Crippen LogP contribution < -0.4 is 10.6 Å². The van der Waals surface area contributed by atoms with Crippen molar-refractivity contribution in [3.63, 3.8) is 0 Å². The molecular formula is C16H27N3O. The molecule has 20 heavy (non-hydrogen) atoms. The van der Waals surface area contributed by atoms with Gasteiger partial charge in [-0.2, -0.15) is 0 Å². The highest BCUT2D eigenvalue weighted by molar-refractivity contribution is 5.75. The second-order valence-electron chi connectivity index (χ2n) is 7.93. The molecule has 5 rings (SSSR count). The minimum Gasteiger partial charge on any atom is -0.333 e. The number of nitrogens with zero attached hydrogens (tertiary/aromatic N) is 1. The molecular weight excluding hydrogens is 250 g/mol. The van der Waals surface area contributed by atoms with Crippen molar-refractivity contribution in [1.29, 1.82) is 0 Å². The first-order chi connectivity index (χ1) is 9.62. The first kappa shape index (κ1) is 12.9. The SMILES string of the molecule is CC1CN(C(=O)NC23CC4CC(CC(C4)C2)C3)CCN1. The minimum atomic E-state index is 0.153. The van der Waals surface area contributed by atoms with Crippen molar-refractivity contribution in [3.8, 4) is 0 Å². The molecule has 5 fully saturated rings. The van der Waals surface area contributed by atoms with Crippen molar-refractivity contribution in [3.05, 3.63) is 0 Å². The normalized spacial score (nSPS) is 46.5. The van der Waals surface area contributed by atoms with Crippen molar-refractivity contribution in [1.82, 2.24) is 15.5 Å². The van der Waals surface area contributed by atoms with Crippen LogP contribution in [-0.2, 0) is 0 Å². The summed E-state index contributed by atoms with van der Waals surface area (Å²) in [4.78, 5) is 14.6. The Balaban J connectivity index is 1.44. The van der Waals surface area contributed by atoms with Crippen molar-refractivity contribution in [2.24, 2.45) is 17.8 Å². The number of piperazine rings is 1. The van der Waals surface area contributed by atoms with E-state index in [0.29, 0.717) is 6.04 Å². The third-order valence-corrected chi connectivity index (χ3v) is 6.07. The summed E-state index contributed by atoms with van der Waals surface area (Å²) >= 11 is 0. The Hall–Kier alpha value is -0.770. The van der Waals surface area contributed by atoms with Gasteiger partial charge in [0.25, 0.3) is 0 Å². The second-order valence-corrected chi connectivity index (χ2v) is 7.93. The first-order valence-corrected chi connectivity index (χ1v) is 8.42. The molecule has 0 radical (unpaired) electrons. The summed E-state index contributed by atoms with van der Waals surface area (Å²) in [5.41, 5.74) is 0.153. The maximum atomic E-state index is 12.6. The zero-order chi connectivity index (χ0) is 13.7. The Morgan fingerprint density at radius 2 is 1.75 bits per heavy atom. The van der Waals surface area contributed by atoms with E-state index in [-0.39, 0.29) is 11.6 Å². The van der Waals surface area contributed by atoms with Crippen molar-refractivity contribution in [2.75, 3.05) is 19.6 Å². The maximum absolute atomic E-state index is 12.6. The van der Waals surface area contributed by atoms with Gasteiger partial charge in [-0.25, -0.2) is 4.79 Å². The molecule has 1 atom stereocenters. The fourth-order valence-corrected chi connectivity index (χ4v) is 5.69. The van der Waals surface area contributed by atoms with Gasteiger partial charge in [0, 0.05) is 31.2 Å². The highest BCUT2D eigenvalue weighted by Crippen LogP contribution is 2.55. The van der Waals surface area contributed by atoms with Crippen LogP contribution in [0.4, 0.5) is 4.79 Å². The second kappa shape index (κ2) is 4.62. The van der Waals surface area contributed by atoms with Gasteiger partial charge in [0.05, 0.1) is 0 Å². The monoisotopic (exact) mass is 277 g/mol. The summed E-state index contributed by atoms with van der Waals surface area (Å²) < 4.78 is 0. The number of amides is 2. The van der Waals surface area contributed by atoms with Gasteiger partial charge in [-0.3, -0.25) is 0 Å². The number of carbonyl (C=O) groups is 1. The smallest absolute Gasteiger partial charge is 0.317 e. The van der Waals surface area contributed by atoms with Crippen LogP contribution in [0.15, 0.2) is 0 Å². The lowest BCUT2D eigenvalue weighted by Gasteiger charge is -2.57. The van der Waals surface area contributed by atoms with Crippen molar-refractivity contribution in [2.45, 2.75) is 57.0 Å². The highest BCUT2D eigenvalue weighted by Gasteiger charge is 2.51. The minimum absolute atomic E-state index is 0.153. The Morgan fingerprint density at radius 1 is 1.15 bits per heavy atom. The molecule has 2 amide bonds. The predicted octanol–water partition coefficient (Wildman–Crippen LogP) is 1.96. The van der Waals surface area contributed by atoms with E-state index in [9.17, 15) is 4.79 Å². The van der Waals surface area contributed by atoms with E-state index in [2.05, 4.69) is 17.6 Å². The average molecular weight is 277 g/mol. The molecule has 2 N–H and O–H groups in total. The van der Waals surface area contributed by atoms with E-state index in [1.54, 1.807) is 0 Å². The summed E-state index contributed by atoms with van der Waals surface area (Å²) in [7, 11) is 0. The van der Waals surface area contributed by atoms with Crippen LogP contribution >= 0.6 is 0 Å². The van der Waals surface area contributed by atoms with Crippen LogP contribution in [-0.4, -0.2) is 42.1 Å². The Bertz CT molecular complexity index is 373. The number of rotatable bonds is 1. The van der Waals surface area contributed by atoms with Crippen LogP contribution in [0.2, 0.25) is 0 Å². The van der Waals surface area contributed by atoms with Crippen molar-refractivity contribution >= 4 is 6.03 Å². The summed E-state index contributed by atoms with van der Waals surface area (Å²) in [6.45, 7) is 4.78. The lowest BCUT2D eigenvalue weighted by atomic mass is 9.53. The molecule has 0 aromatic carbocycles. The molecule has 4 aliphatic carbocycles. The fraction of sp³-hybridized carbons (Fsp3) is 0.938. The van der Waals surface area contributed by atoms with Gasteiger partial charge in [0.2, 0.25) is 0 Å². The van der Waals surface area contributed by atoms with Gasteiger partial charge in [-0.1, -0.05) is 0 Å². The topological polar surface area (TPSA) is 44.4 Å². The zero-order valence-electron chi connectivity index (χ0n) is 12.5. The molecule has 1 aliphatic heterocycles. The van der Waals surface area contributed by atoms with Gasteiger partial charge in [-0.05, 0) is 63.2 Å². The molecule has 4 nitrogen and oxygen atoms in total. The largest absolute Gasteiger partial charge is 0.333 e. The molecule has 1 saturated heterocycles. The van der Waals surface area contributed by atoms with Gasteiger partial charge in [0.15, 0.2) is 0 Å². The van der Waals surface area contributed by atoms with Crippen LogP contribution in [0.25, 0.3) is 0 Å². The Kier molecular flexibility index (Phi) is 2.99. The van der Waals surface area contributed by atoms with Gasteiger partial charge >= 0.3 is 6.03 Å². The number of nitrogens with one attached hydrogen (secondary N) is 2. The highest BCUT2D eigenvalue weighted by atomic mass is 16.2. The Morgan fingerprint density at radius 3 is 2.30 bits per heavy atom. The van der Waals surface area contributed by atoms with E-state index < -0.39 is 0 Å². The fourth-order valence-electron chi connectivity index (χ4n) is 5.69. The maximum Gasteiger partial charge on any atom is 0.317 e. The molecule has 1 unspecified atom stereocenters. The molecule has 1 heterocycles. The molecule has 0 spiro atoms. The van der Waals surface area contributed by atoms with E-state index in [1.165, 1.54) is 38.5 Å². The van der Waals surface area contributed by atoms with Crippen LogP contribution in [0.5, 0.6) is 0 Å². The lowest BCUT2D eigenvalue weighted by molar-refractivity contribution is -0.0160.